The Morgan fingerprint density at radius 1 is 1.28 bits per heavy atom. The van der Waals surface area contributed by atoms with Crippen LogP contribution >= 0.6 is 15.9 Å². The number of rotatable bonds is 3. The predicted octanol–water partition coefficient (Wildman–Crippen LogP) is 3.98. The van der Waals surface area contributed by atoms with Gasteiger partial charge in [0, 0.05) is 23.8 Å². The molecule has 0 aromatic heterocycles. The van der Waals surface area contributed by atoms with Crippen LogP contribution in [0.2, 0.25) is 0 Å². The first-order chi connectivity index (χ1) is 8.65. The SMILES string of the molecule is CC1(C(=O)N2CCCC(CCBr)C2)CCCCC1. The topological polar surface area (TPSA) is 20.3 Å². The van der Waals surface area contributed by atoms with Crippen molar-refractivity contribution in [3.05, 3.63) is 0 Å². The summed E-state index contributed by atoms with van der Waals surface area (Å²) in [4.78, 5) is 14.9. The first-order valence-electron chi connectivity index (χ1n) is 7.51. The Labute approximate surface area is 120 Å². The van der Waals surface area contributed by atoms with Gasteiger partial charge >= 0.3 is 0 Å². The Hall–Kier alpha value is -0.0500. The fourth-order valence-corrected chi connectivity index (χ4v) is 4.21. The van der Waals surface area contributed by atoms with E-state index < -0.39 is 0 Å². The van der Waals surface area contributed by atoms with Crippen molar-refractivity contribution in [2.75, 3.05) is 18.4 Å². The zero-order chi connectivity index (χ0) is 13.0. The molecule has 18 heavy (non-hydrogen) atoms. The van der Waals surface area contributed by atoms with Gasteiger partial charge in [0.2, 0.25) is 5.91 Å². The molecule has 2 aliphatic rings. The van der Waals surface area contributed by atoms with E-state index in [1.807, 2.05) is 0 Å². The molecular formula is C15H26BrNO. The Bertz CT molecular complexity index is 284. The summed E-state index contributed by atoms with van der Waals surface area (Å²) in [6.07, 6.45) is 9.69. The molecule has 2 nitrogen and oxygen atoms in total. The molecule has 0 N–H and O–H groups in total. The molecule has 1 amide bonds. The second kappa shape index (κ2) is 6.40. The normalized spacial score (nSPS) is 28.1. The number of carbonyl (C=O) groups is 1. The lowest BCUT2D eigenvalue weighted by atomic mass is 9.74. The maximum Gasteiger partial charge on any atom is 0.228 e. The number of hydrogen-bond acceptors (Lipinski definition) is 1. The first kappa shape index (κ1) is 14.4. The van der Waals surface area contributed by atoms with E-state index in [2.05, 4.69) is 27.8 Å². The van der Waals surface area contributed by atoms with E-state index in [1.165, 1.54) is 38.5 Å². The van der Waals surface area contributed by atoms with Crippen LogP contribution in [0, 0.1) is 11.3 Å². The monoisotopic (exact) mass is 315 g/mol. The van der Waals surface area contributed by atoms with E-state index in [0.29, 0.717) is 11.8 Å². The van der Waals surface area contributed by atoms with Crippen molar-refractivity contribution in [3.8, 4) is 0 Å². The molecule has 0 bridgehead atoms. The highest BCUT2D eigenvalue weighted by Crippen LogP contribution is 2.38. The number of halogens is 1. The van der Waals surface area contributed by atoms with E-state index >= 15 is 0 Å². The Balaban J connectivity index is 1.95. The smallest absolute Gasteiger partial charge is 0.228 e. The second-order valence-corrected chi connectivity index (χ2v) is 7.15. The molecule has 1 aliphatic carbocycles. The van der Waals surface area contributed by atoms with Crippen molar-refractivity contribution in [2.24, 2.45) is 11.3 Å². The number of piperidine rings is 1. The molecule has 0 spiro atoms. The molecule has 1 saturated heterocycles. The van der Waals surface area contributed by atoms with E-state index in [-0.39, 0.29) is 5.41 Å². The summed E-state index contributed by atoms with van der Waals surface area (Å²) in [5, 5.41) is 1.07. The van der Waals surface area contributed by atoms with Crippen molar-refractivity contribution < 1.29 is 4.79 Å². The van der Waals surface area contributed by atoms with Crippen molar-refractivity contribution in [1.29, 1.82) is 0 Å². The molecule has 2 rings (SSSR count). The van der Waals surface area contributed by atoms with Gasteiger partial charge in [-0.05, 0) is 38.0 Å². The van der Waals surface area contributed by atoms with Gasteiger partial charge in [0.15, 0.2) is 0 Å². The molecule has 0 aromatic carbocycles. The lowest BCUT2D eigenvalue weighted by molar-refractivity contribution is -0.145. The van der Waals surface area contributed by atoms with Crippen LogP contribution in [0.25, 0.3) is 0 Å². The summed E-state index contributed by atoms with van der Waals surface area (Å²) >= 11 is 3.53. The third-order valence-electron chi connectivity index (χ3n) is 4.80. The van der Waals surface area contributed by atoms with Gasteiger partial charge in [-0.15, -0.1) is 0 Å². The van der Waals surface area contributed by atoms with Crippen LogP contribution in [0.4, 0.5) is 0 Å². The largest absolute Gasteiger partial charge is 0.342 e. The van der Waals surface area contributed by atoms with Gasteiger partial charge < -0.3 is 4.90 Å². The molecule has 1 saturated carbocycles. The van der Waals surface area contributed by atoms with E-state index in [0.717, 1.165) is 31.3 Å². The van der Waals surface area contributed by atoms with Gasteiger partial charge in [-0.2, -0.15) is 0 Å². The Kier molecular flexibility index (Phi) is 5.11. The van der Waals surface area contributed by atoms with Crippen LogP contribution in [0.1, 0.15) is 58.3 Å². The minimum absolute atomic E-state index is 0.0471. The molecule has 1 heterocycles. The van der Waals surface area contributed by atoms with Gasteiger partial charge in [-0.25, -0.2) is 0 Å². The second-order valence-electron chi connectivity index (χ2n) is 6.36. The average molecular weight is 316 g/mol. The van der Waals surface area contributed by atoms with Crippen LogP contribution in [-0.2, 0) is 4.79 Å². The standard InChI is InChI=1S/C15H26BrNO/c1-15(8-3-2-4-9-15)14(18)17-11-5-6-13(12-17)7-10-16/h13H,2-12H2,1H3. The molecule has 0 radical (unpaired) electrons. The number of carbonyl (C=O) groups excluding carboxylic acids is 1. The third kappa shape index (κ3) is 3.28. The van der Waals surface area contributed by atoms with E-state index in [1.54, 1.807) is 0 Å². The Morgan fingerprint density at radius 2 is 2.00 bits per heavy atom. The highest BCUT2D eigenvalue weighted by atomic mass is 79.9. The maximum atomic E-state index is 12.7. The lowest BCUT2D eigenvalue weighted by Gasteiger charge is -2.40. The number of amides is 1. The van der Waals surface area contributed by atoms with Crippen molar-refractivity contribution in [2.45, 2.75) is 58.3 Å². The molecular weight excluding hydrogens is 290 g/mol. The number of alkyl halides is 1. The molecule has 1 atom stereocenters. The molecule has 1 aliphatic heterocycles. The minimum Gasteiger partial charge on any atom is -0.342 e. The molecule has 3 heteroatoms. The first-order valence-corrected chi connectivity index (χ1v) is 8.63. The van der Waals surface area contributed by atoms with Gasteiger partial charge in [-0.1, -0.05) is 42.1 Å². The van der Waals surface area contributed by atoms with Crippen LogP contribution < -0.4 is 0 Å². The highest BCUT2D eigenvalue weighted by molar-refractivity contribution is 9.09. The fourth-order valence-electron chi connectivity index (χ4n) is 3.57. The summed E-state index contributed by atoms with van der Waals surface area (Å²) in [6, 6.07) is 0. The van der Waals surface area contributed by atoms with Crippen molar-refractivity contribution in [3.63, 3.8) is 0 Å². The average Bonchev–Trinajstić information content (AvgIpc) is 2.39. The van der Waals surface area contributed by atoms with Crippen molar-refractivity contribution in [1.82, 2.24) is 4.90 Å². The van der Waals surface area contributed by atoms with Crippen LogP contribution in [0.15, 0.2) is 0 Å². The summed E-state index contributed by atoms with van der Waals surface area (Å²) in [5.74, 6) is 1.16. The zero-order valence-electron chi connectivity index (χ0n) is 11.6. The van der Waals surface area contributed by atoms with Gasteiger partial charge in [0.05, 0.1) is 0 Å². The fraction of sp³-hybridized carbons (Fsp3) is 0.933. The number of hydrogen-bond donors (Lipinski definition) is 0. The van der Waals surface area contributed by atoms with Gasteiger partial charge in [-0.3, -0.25) is 4.79 Å². The van der Waals surface area contributed by atoms with E-state index in [4.69, 9.17) is 0 Å². The summed E-state index contributed by atoms with van der Waals surface area (Å²) < 4.78 is 0. The third-order valence-corrected chi connectivity index (χ3v) is 5.25. The number of nitrogens with zero attached hydrogens (tertiary/aromatic N) is 1. The molecule has 1 unspecified atom stereocenters. The molecule has 104 valence electrons. The van der Waals surface area contributed by atoms with Gasteiger partial charge in [0.1, 0.15) is 0 Å². The predicted molar refractivity (Wildman–Crippen MR) is 78.9 cm³/mol. The van der Waals surface area contributed by atoms with E-state index in [9.17, 15) is 4.79 Å². The van der Waals surface area contributed by atoms with Gasteiger partial charge in [0.25, 0.3) is 0 Å². The Morgan fingerprint density at radius 3 is 2.67 bits per heavy atom. The lowest BCUT2D eigenvalue weighted by Crippen LogP contribution is -2.47. The summed E-state index contributed by atoms with van der Waals surface area (Å²) in [7, 11) is 0. The highest BCUT2D eigenvalue weighted by Gasteiger charge is 2.38. The summed E-state index contributed by atoms with van der Waals surface area (Å²) in [6.45, 7) is 4.19. The molecule has 2 fully saturated rings. The summed E-state index contributed by atoms with van der Waals surface area (Å²) in [5.41, 5.74) is -0.0471. The quantitative estimate of drug-likeness (QED) is 0.721. The zero-order valence-corrected chi connectivity index (χ0v) is 13.2. The van der Waals surface area contributed by atoms with Crippen LogP contribution in [0.3, 0.4) is 0 Å². The number of likely N-dealkylation sites (tertiary alicyclic amines) is 1. The van der Waals surface area contributed by atoms with Crippen LogP contribution in [0.5, 0.6) is 0 Å². The molecule has 0 aromatic rings. The van der Waals surface area contributed by atoms with Crippen LogP contribution in [-0.4, -0.2) is 29.2 Å². The van der Waals surface area contributed by atoms with Crippen molar-refractivity contribution >= 4 is 21.8 Å². The minimum atomic E-state index is -0.0471. The maximum absolute atomic E-state index is 12.7.